The summed E-state index contributed by atoms with van der Waals surface area (Å²) in [6, 6.07) is 9.99. The SMILES string of the molecule is Cn1c(=O)n(C)c2cc([C@H]3CC(=O)Oc4cc(O)c5c(=O)c(O)c(-c6ccc(O)c(O)c6)oc5c43)ccc21. The second kappa shape index (κ2) is 7.90. The van der Waals surface area contributed by atoms with E-state index in [9.17, 15) is 34.8 Å². The maximum Gasteiger partial charge on any atom is 0.328 e. The Morgan fingerprint density at radius 2 is 1.58 bits per heavy atom. The molecule has 0 unspecified atom stereocenters. The van der Waals surface area contributed by atoms with Crippen LogP contribution in [0.1, 0.15) is 23.5 Å². The number of aromatic nitrogens is 2. The molecule has 38 heavy (non-hydrogen) atoms. The van der Waals surface area contributed by atoms with Crippen molar-refractivity contribution in [3.63, 3.8) is 0 Å². The fourth-order valence-electron chi connectivity index (χ4n) is 5.07. The van der Waals surface area contributed by atoms with Crippen LogP contribution in [0.25, 0.3) is 33.3 Å². The van der Waals surface area contributed by atoms with Crippen molar-refractivity contribution in [2.45, 2.75) is 12.3 Å². The van der Waals surface area contributed by atoms with E-state index in [0.29, 0.717) is 22.2 Å². The Kier molecular flexibility index (Phi) is 4.83. The monoisotopic (exact) mass is 516 g/mol. The second-order valence-electron chi connectivity index (χ2n) is 9.20. The van der Waals surface area contributed by atoms with Gasteiger partial charge < -0.3 is 29.6 Å². The fraction of sp³-hybridized carbons (Fsp3) is 0.148. The van der Waals surface area contributed by atoms with E-state index in [1.807, 2.05) is 0 Å². The van der Waals surface area contributed by atoms with Gasteiger partial charge in [0, 0.05) is 37.2 Å². The molecular weight excluding hydrogens is 496 g/mol. The van der Waals surface area contributed by atoms with Crippen molar-refractivity contribution < 1.29 is 34.4 Å². The number of hydrogen-bond donors (Lipinski definition) is 4. The van der Waals surface area contributed by atoms with Crippen molar-refractivity contribution in [3.05, 3.63) is 74.3 Å². The zero-order valence-corrected chi connectivity index (χ0v) is 20.1. The number of esters is 1. The van der Waals surface area contributed by atoms with Crippen LogP contribution in [0.4, 0.5) is 0 Å². The molecule has 0 saturated carbocycles. The normalized spacial score (nSPS) is 15.1. The van der Waals surface area contributed by atoms with Gasteiger partial charge in [-0.25, -0.2) is 4.79 Å². The highest BCUT2D eigenvalue weighted by Crippen LogP contribution is 2.47. The van der Waals surface area contributed by atoms with Gasteiger partial charge in [-0.1, -0.05) is 6.07 Å². The highest BCUT2D eigenvalue weighted by molar-refractivity contribution is 5.94. The lowest BCUT2D eigenvalue weighted by atomic mass is 9.85. The average molecular weight is 516 g/mol. The summed E-state index contributed by atoms with van der Waals surface area (Å²) >= 11 is 0. The first-order chi connectivity index (χ1) is 18.1. The minimum atomic E-state index is -0.939. The number of fused-ring (bicyclic) bond motifs is 4. The summed E-state index contributed by atoms with van der Waals surface area (Å²) < 4.78 is 14.4. The van der Waals surface area contributed by atoms with Gasteiger partial charge in [0.05, 0.1) is 17.5 Å². The van der Waals surface area contributed by atoms with E-state index in [1.165, 1.54) is 15.2 Å². The van der Waals surface area contributed by atoms with Crippen LogP contribution in [0.5, 0.6) is 28.7 Å². The zero-order chi connectivity index (χ0) is 27.0. The fourth-order valence-corrected chi connectivity index (χ4v) is 5.07. The Bertz CT molecular complexity index is 1960. The number of hydrogen-bond acceptors (Lipinski definition) is 9. The van der Waals surface area contributed by atoms with Crippen molar-refractivity contribution in [3.8, 4) is 40.1 Å². The Morgan fingerprint density at radius 3 is 2.32 bits per heavy atom. The highest BCUT2D eigenvalue weighted by Gasteiger charge is 2.35. The molecule has 3 aromatic carbocycles. The first kappa shape index (κ1) is 23.2. The van der Waals surface area contributed by atoms with Gasteiger partial charge in [0.25, 0.3) is 0 Å². The van der Waals surface area contributed by atoms with Crippen LogP contribution in [-0.4, -0.2) is 35.5 Å². The van der Waals surface area contributed by atoms with Gasteiger partial charge in [0.2, 0.25) is 11.2 Å². The third-order valence-corrected chi connectivity index (χ3v) is 7.00. The van der Waals surface area contributed by atoms with E-state index in [2.05, 4.69) is 0 Å². The first-order valence-electron chi connectivity index (χ1n) is 11.5. The molecule has 192 valence electrons. The summed E-state index contributed by atoms with van der Waals surface area (Å²) in [4.78, 5) is 38.2. The van der Waals surface area contributed by atoms with Gasteiger partial charge in [0.1, 0.15) is 22.5 Å². The molecule has 0 saturated heterocycles. The van der Waals surface area contributed by atoms with Crippen molar-refractivity contribution in [1.29, 1.82) is 0 Å². The molecule has 0 radical (unpaired) electrons. The van der Waals surface area contributed by atoms with E-state index < -0.39 is 40.3 Å². The number of aromatic hydroxyl groups is 4. The van der Waals surface area contributed by atoms with Gasteiger partial charge in [-0.05, 0) is 35.9 Å². The molecule has 0 aliphatic carbocycles. The highest BCUT2D eigenvalue weighted by atomic mass is 16.5. The molecule has 1 aliphatic rings. The van der Waals surface area contributed by atoms with Crippen LogP contribution in [0.3, 0.4) is 0 Å². The maximum atomic E-state index is 13.2. The number of rotatable bonds is 2. The largest absolute Gasteiger partial charge is 0.507 e. The number of nitrogens with zero attached hydrogens (tertiary/aromatic N) is 2. The molecule has 1 aliphatic heterocycles. The number of benzene rings is 3. The third kappa shape index (κ3) is 3.18. The van der Waals surface area contributed by atoms with Crippen LogP contribution < -0.4 is 15.9 Å². The van der Waals surface area contributed by atoms with Gasteiger partial charge in [-0.3, -0.25) is 18.7 Å². The standard InChI is InChI=1S/C27H20N2O9/c1-28-14-5-3-11(7-15(14)29(2)27(28)36)13-9-20(33)37-19-10-18(32)22-23(34)24(35)25(38-26(22)21(13)19)12-4-6-16(30)17(31)8-12/h3-8,10,13,30-32,35H,9H2,1-2H3/t13-/m1/s1. The lowest BCUT2D eigenvalue weighted by Crippen LogP contribution is -2.22. The van der Waals surface area contributed by atoms with E-state index in [-0.39, 0.29) is 40.2 Å². The second-order valence-corrected chi connectivity index (χ2v) is 9.20. The summed E-state index contributed by atoms with van der Waals surface area (Å²) in [5.74, 6) is -3.90. The summed E-state index contributed by atoms with van der Waals surface area (Å²) in [6.07, 6.45) is -0.126. The molecule has 1 atom stereocenters. The van der Waals surface area contributed by atoms with Crippen LogP contribution >= 0.6 is 0 Å². The smallest absolute Gasteiger partial charge is 0.328 e. The molecule has 6 rings (SSSR count). The Morgan fingerprint density at radius 1 is 0.842 bits per heavy atom. The topological polar surface area (TPSA) is 164 Å². The van der Waals surface area contributed by atoms with E-state index in [4.69, 9.17) is 9.15 Å². The van der Waals surface area contributed by atoms with Crippen molar-refractivity contribution in [1.82, 2.24) is 9.13 Å². The lowest BCUT2D eigenvalue weighted by molar-refractivity contribution is -0.135. The van der Waals surface area contributed by atoms with Gasteiger partial charge >= 0.3 is 11.7 Å². The Hall–Kier alpha value is -5.19. The molecule has 5 aromatic rings. The quantitative estimate of drug-likeness (QED) is 0.157. The Balaban J connectivity index is 1.67. The van der Waals surface area contributed by atoms with E-state index in [1.54, 1.807) is 32.3 Å². The average Bonchev–Trinajstić information content (AvgIpc) is 3.10. The number of carbonyl (C=O) groups is 1. The van der Waals surface area contributed by atoms with E-state index >= 15 is 0 Å². The van der Waals surface area contributed by atoms with Crippen molar-refractivity contribution in [2.75, 3.05) is 0 Å². The van der Waals surface area contributed by atoms with Crippen LogP contribution in [0.2, 0.25) is 0 Å². The summed E-state index contributed by atoms with van der Waals surface area (Å²) in [6.45, 7) is 0. The number of aryl methyl sites for hydroxylation is 2. The van der Waals surface area contributed by atoms with Crippen LogP contribution in [0, 0.1) is 0 Å². The Labute approximate surface area is 212 Å². The summed E-state index contributed by atoms with van der Waals surface area (Å²) in [5, 5.41) is 40.6. The number of ether oxygens (including phenoxy) is 1. The first-order valence-corrected chi connectivity index (χ1v) is 11.5. The van der Waals surface area contributed by atoms with Crippen LogP contribution in [0.15, 0.2) is 56.5 Å². The predicted molar refractivity (Wildman–Crippen MR) is 135 cm³/mol. The maximum absolute atomic E-state index is 13.2. The minimum absolute atomic E-state index is 0.0216. The number of phenolic OH excluding ortho intramolecular Hbond substituents is 3. The molecule has 11 heteroatoms. The number of imidazole rings is 1. The van der Waals surface area contributed by atoms with Crippen molar-refractivity contribution in [2.24, 2.45) is 14.1 Å². The van der Waals surface area contributed by atoms with Crippen molar-refractivity contribution >= 4 is 28.0 Å². The van der Waals surface area contributed by atoms with Crippen LogP contribution in [-0.2, 0) is 18.9 Å². The lowest BCUT2D eigenvalue weighted by Gasteiger charge is -2.26. The predicted octanol–water partition coefficient (Wildman–Crippen LogP) is 2.91. The van der Waals surface area contributed by atoms with Gasteiger partial charge in [0.15, 0.2) is 17.3 Å². The molecule has 0 spiro atoms. The molecule has 0 bridgehead atoms. The molecule has 0 fully saturated rings. The minimum Gasteiger partial charge on any atom is -0.507 e. The zero-order valence-electron chi connectivity index (χ0n) is 20.1. The molecule has 3 heterocycles. The van der Waals surface area contributed by atoms with Gasteiger partial charge in [-0.2, -0.15) is 0 Å². The molecule has 2 aromatic heterocycles. The number of carbonyl (C=O) groups excluding carboxylic acids is 1. The summed E-state index contributed by atoms with van der Waals surface area (Å²) in [7, 11) is 3.28. The third-order valence-electron chi connectivity index (χ3n) is 7.00. The molecule has 4 N–H and O–H groups in total. The summed E-state index contributed by atoms with van der Waals surface area (Å²) in [5.41, 5.74) is 1.02. The molecule has 0 amide bonds. The van der Waals surface area contributed by atoms with Gasteiger partial charge in [-0.15, -0.1) is 0 Å². The van der Waals surface area contributed by atoms with E-state index in [0.717, 1.165) is 18.2 Å². The number of phenols is 3. The molecule has 11 nitrogen and oxygen atoms in total. The molecular formula is C27H20N2O9.